The first-order chi connectivity index (χ1) is 12.6. The minimum atomic E-state index is -0.660. The molecule has 0 saturated carbocycles. The number of nitrogens with zero attached hydrogens (tertiary/aromatic N) is 1. The average Bonchev–Trinajstić information content (AvgIpc) is 3.16. The van der Waals surface area contributed by atoms with Gasteiger partial charge in [0.05, 0.1) is 0 Å². The van der Waals surface area contributed by atoms with Gasteiger partial charge >= 0.3 is 12.1 Å². The lowest BCUT2D eigenvalue weighted by Gasteiger charge is -2.22. The lowest BCUT2D eigenvalue weighted by Crippen LogP contribution is -2.41. The Morgan fingerprint density at radius 2 is 1.73 bits per heavy atom. The summed E-state index contributed by atoms with van der Waals surface area (Å²) in [4.78, 5) is 26.0. The second kappa shape index (κ2) is 8.47. The molecule has 1 aliphatic rings. The zero-order valence-electron chi connectivity index (χ0n) is 14.3. The fourth-order valence-corrected chi connectivity index (χ4v) is 2.89. The summed E-state index contributed by atoms with van der Waals surface area (Å²) in [6, 6.07) is 14.8. The zero-order valence-corrected chi connectivity index (χ0v) is 14.3. The SMILES string of the molecule is O=C(OCc1ccccc1)C1CCCN1C(=O)OCc1ccccc1F. The number of esters is 1. The summed E-state index contributed by atoms with van der Waals surface area (Å²) in [7, 11) is 0. The van der Waals surface area contributed by atoms with Crippen molar-refractivity contribution >= 4 is 12.1 Å². The molecule has 26 heavy (non-hydrogen) atoms. The van der Waals surface area contributed by atoms with Crippen LogP contribution in [0.5, 0.6) is 0 Å². The van der Waals surface area contributed by atoms with Crippen molar-refractivity contribution in [2.75, 3.05) is 6.54 Å². The monoisotopic (exact) mass is 357 g/mol. The molecule has 0 spiro atoms. The molecule has 6 heteroatoms. The number of halogens is 1. The van der Waals surface area contributed by atoms with Gasteiger partial charge in [-0.2, -0.15) is 0 Å². The fraction of sp³-hybridized carbons (Fsp3) is 0.300. The lowest BCUT2D eigenvalue weighted by atomic mass is 10.2. The highest BCUT2D eigenvalue weighted by Crippen LogP contribution is 2.21. The number of carbonyl (C=O) groups is 2. The second-order valence-corrected chi connectivity index (χ2v) is 6.09. The predicted molar refractivity (Wildman–Crippen MR) is 92.6 cm³/mol. The van der Waals surface area contributed by atoms with Crippen LogP contribution in [-0.2, 0) is 27.5 Å². The highest BCUT2D eigenvalue weighted by Gasteiger charge is 2.36. The van der Waals surface area contributed by atoms with Crippen LogP contribution in [0.1, 0.15) is 24.0 Å². The third kappa shape index (κ3) is 4.39. The first-order valence-electron chi connectivity index (χ1n) is 8.52. The summed E-state index contributed by atoms with van der Waals surface area (Å²) < 4.78 is 24.1. The molecule has 136 valence electrons. The van der Waals surface area contributed by atoms with E-state index in [1.165, 1.54) is 11.0 Å². The van der Waals surface area contributed by atoms with Crippen molar-refractivity contribution in [3.8, 4) is 0 Å². The average molecular weight is 357 g/mol. The molecule has 1 aliphatic heterocycles. The Morgan fingerprint density at radius 1 is 1.00 bits per heavy atom. The van der Waals surface area contributed by atoms with Gasteiger partial charge in [-0.25, -0.2) is 14.0 Å². The van der Waals surface area contributed by atoms with E-state index in [4.69, 9.17) is 9.47 Å². The van der Waals surface area contributed by atoms with E-state index in [9.17, 15) is 14.0 Å². The van der Waals surface area contributed by atoms with Gasteiger partial charge in [-0.1, -0.05) is 48.5 Å². The maximum Gasteiger partial charge on any atom is 0.410 e. The van der Waals surface area contributed by atoms with Crippen LogP contribution in [0.15, 0.2) is 54.6 Å². The second-order valence-electron chi connectivity index (χ2n) is 6.09. The summed E-state index contributed by atoms with van der Waals surface area (Å²) >= 11 is 0. The van der Waals surface area contributed by atoms with Crippen LogP contribution in [0.3, 0.4) is 0 Å². The van der Waals surface area contributed by atoms with Gasteiger partial charge in [-0.05, 0) is 24.5 Å². The number of ether oxygens (including phenoxy) is 2. The molecule has 0 aromatic heterocycles. The highest BCUT2D eigenvalue weighted by molar-refractivity contribution is 5.82. The third-order valence-corrected chi connectivity index (χ3v) is 4.29. The van der Waals surface area contributed by atoms with Gasteiger partial charge in [0.1, 0.15) is 25.1 Å². The summed E-state index contributed by atoms with van der Waals surface area (Å²) in [6.07, 6.45) is 0.593. The van der Waals surface area contributed by atoms with E-state index in [0.29, 0.717) is 24.9 Å². The van der Waals surface area contributed by atoms with Crippen molar-refractivity contribution in [2.24, 2.45) is 0 Å². The van der Waals surface area contributed by atoms with E-state index in [2.05, 4.69) is 0 Å². The van der Waals surface area contributed by atoms with Crippen LogP contribution < -0.4 is 0 Å². The highest BCUT2D eigenvalue weighted by atomic mass is 19.1. The van der Waals surface area contributed by atoms with Crippen molar-refractivity contribution < 1.29 is 23.5 Å². The molecule has 0 aliphatic carbocycles. The molecule has 3 rings (SSSR count). The van der Waals surface area contributed by atoms with E-state index >= 15 is 0 Å². The normalized spacial score (nSPS) is 16.3. The van der Waals surface area contributed by atoms with Crippen molar-refractivity contribution in [3.05, 3.63) is 71.5 Å². The maximum atomic E-state index is 13.6. The van der Waals surface area contributed by atoms with Crippen molar-refractivity contribution in [3.63, 3.8) is 0 Å². The number of likely N-dealkylation sites (tertiary alicyclic amines) is 1. The van der Waals surface area contributed by atoms with Crippen LogP contribution in [0.4, 0.5) is 9.18 Å². The molecule has 1 heterocycles. The van der Waals surface area contributed by atoms with Crippen molar-refractivity contribution in [2.45, 2.75) is 32.1 Å². The third-order valence-electron chi connectivity index (χ3n) is 4.29. The van der Waals surface area contributed by atoms with E-state index in [0.717, 1.165) is 5.56 Å². The Bertz CT molecular complexity index is 765. The van der Waals surface area contributed by atoms with Gasteiger partial charge < -0.3 is 9.47 Å². The van der Waals surface area contributed by atoms with Gasteiger partial charge in [0.2, 0.25) is 0 Å². The smallest absolute Gasteiger partial charge is 0.410 e. The molecule has 1 atom stereocenters. The minimum absolute atomic E-state index is 0.161. The molecule has 1 amide bonds. The molecule has 0 N–H and O–H groups in total. The van der Waals surface area contributed by atoms with Crippen LogP contribution in [0.25, 0.3) is 0 Å². The predicted octanol–water partition coefficient (Wildman–Crippen LogP) is 3.67. The minimum Gasteiger partial charge on any atom is -0.459 e. The first kappa shape index (κ1) is 17.9. The Balaban J connectivity index is 1.54. The van der Waals surface area contributed by atoms with Crippen LogP contribution in [0, 0.1) is 5.82 Å². The standard InChI is InChI=1S/C20H20FNO4/c21-17-10-5-4-9-16(17)14-26-20(24)22-12-6-11-18(22)19(23)25-13-15-7-2-1-3-8-15/h1-5,7-10,18H,6,11-14H2. The molecular weight excluding hydrogens is 337 g/mol. The molecule has 5 nitrogen and oxygen atoms in total. The molecular formula is C20H20FNO4. The molecule has 0 bridgehead atoms. The Kier molecular flexibility index (Phi) is 5.84. The van der Waals surface area contributed by atoms with Crippen LogP contribution in [0.2, 0.25) is 0 Å². The van der Waals surface area contributed by atoms with Crippen molar-refractivity contribution in [1.29, 1.82) is 0 Å². The Labute approximate surface area is 151 Å². The number of amides is 1. The molecule has 2 aromatic carbocycles. The lowest BCUT2D eigenvalue weighted by molar-refractivity contribution is -0.149. The van der Waals surface area contributed by atoms with Crippen molar-refractivity contribution in [1.82, 2.24) is 4.90 Å². The number of hydrogen-bond donors (Lipinski definition) is 0. The maximum absolute atomic E-state index is 13.6. The summed E-state index contributed by atoms with van der Waals surface area (Å²) in [6.45, 7) is 0.406. The van der Waals surface area contributed by atoms with Crippen LogP contribution in [-0.4, -0.2) is 29.5 Å². The fourth-order valence-electron chi connectivity index (χ4n) is 2.89. The molecule has 2 aromatic rings. The van der Waals surface area contributed by atoms with E-state index in [1.807, 2.05) is 30.3 Å². The topological polar surface area (TPSA) is 55.8 Å². The summed E-state index contributed by atoms with van der Waals surface area (Å²) in [5.74, 6) is -0.880. The zero-order chi connectivity index (χ0) is 18.4. The molecule has 1 fully saturated rings. The van der Waals surface area contributed by atoms with Gasteiger partial charge in [0.25, 0.3) is 0 Å². The molecule has 0 radical (unpaired) electrons. The molecule has 1 saturated heterocycles. The Morgan fingerprint density at radius 3 is 2.50 bits per heavy atom. The van der Waals surface area contributed by atoms with Gasteiger partial charge in [-0.15, -0.1) is 0 Å². The van der Waals surface area contributed by atoms with Crippen LogP contribution >= 0.6 is 0 Å². The van der Waals surface area contributed by atoms with Gasteiger partial charge in [0, 0.05) is 12.1 Å². The number of hydrogen-bond acceptors (Lipinski definition) is 4. The van der Waals surface area contributed by atoms with E-state index < -0.39 is 23.9 Å². The van der Waals surface area contributed by atoms with Gasteiger partial charge in [0.15, 0.2) is 0 Å². The number of carbonyl (C=O) groups excluding carboxylic acids is 2. The number of rotatable bonds is 5. The first-order valence-corrected chi connectivity index (χ1v) is 8.52. The van der Waals surface area contributed by atoms with E-state index in [-0.39, 0.29) is 13.2 Å². The summed E-state index contributed by atoms with van der Waals surface area (Å²) in [5.41, 5.74) is 1.18. The number of benzene rings is 2. The largest absolute Gasteiger partial charge is 0.459 e. The van der Waals surface area contributed by atoms with Gasteiger partial charge in [-0.3, -0.25) is 4.90 Å². The summed E-state index contributed by atoms with van der Waals surface area (Å²) in [5, 5.41) is 0. The Hall–Kier alpha value is -2.89. The molecule has 1 unspecified atom stereocenters. The van der Waals surface area contributed by atoms with E-state index in [1.54, 1.807) is 18.2 Å². The quantitative estimate of drug-likeness (QED) is 0.766.